The fraction of sp³-hybridized carbons (Fsp3) is 0.667. The summed E-state index contributed by atoms with van der Waals surface area (Å²) in [6, 6.07) is 1.90. The van der Waals surface area contributed by atoms with Crippen LogP contribution in [-0.2, 0) is 4.74 Å². The molecule has 1 aromatic heterocycles. The first-order chi connectivity index (χ1) is 9.38. The summed E-state index contributed by atoms with van der Waals surface area (Å²) in [4.78, 5) is 14.5. The Bertz CT molecular complexity index is 482. The molecule has 0 aliphatic carbocycles. The molecule has 0 radical (unpaired) electrons. The summed E-state index contributed by atoms with van der Waals surface area (Å²) in [7, 11) is 0. The molecule has 1 saturated heterocycles. The largest absolute Gasteiger partial charge is 0.374 e. The number of hydrogen-bond acceptors (Lipinski definition) is 4. The summed E-state index contributed by atoms with van der Waals surface area (Å²) >= 11 is 0. The Hall–Kier alpha value is -1.49. The molecule has 1 aromatic rings. The van der Waals surface area contributed by atoms with E-state index in [1.165, 1.54) is 0 Å². The zero-order valence-electron chi connectivity index (χ0n) is 12.7. The number of likely N-dealkylation sites (tertiary alicyclic amines) is 1. The molecule has 1 aliphatic rings. The first-order valence-electron chi connectivity index (χ1n) is 7.12. The van der Waals surface area contributed by atoms with Crippen molar-refractivity contribution in [2.24, 2.45) is 0 Å². The van der Waals surface area contributed by atoms with Crippen LogP contribution in [0.2, 0.25) is 0 Å². The van der Waals surface area contributed by atoms with Gasteiger partial charge in [0, 0.05) is 6.54 Å². The molecule has 1 atom stereocenters. The van der Waals surface area contributed by atoms with E-state index in [9.17, 15) is 4.79 Å². The minimum absolute atomic E-state index is 0.0393. The van der Waals surface area contributed by atoms with Gasteiger partial charge in [-0.05, 0) is 46.6 Å². The maximum Gasteiger partial charge on any atom is 0.256 e. The average molecular weight is 277 g/mol. The molecule has 5 nitrogen and oxygen atoms in total. The average Bonchev–Trinajstić information content (AvgIpc) is 2.83. The second kappa shape index (κ2) is 5.87. The molecule has 0 N–H and O–H groups in total. The molecule has 0 unspecified atom stereocenters. The lowest BCUT2D eigenvalue weighted by atomic mass is 10.1. The molecule has 1 aliphatic heterocycles. The van der Waals surface area contributed by atoms with Gasteiger partial charge in [-0.15, -0.1) is 0 Å². The van der Waals surface area contributed by atoms with Crippen LogP contribution in [0.25, 0.3) is 0 Å². The molecule has 5 heteroatoms. The fourth-order valence-electron chi connectivity index (χ4n) is 2.41. The van der Waals surface area contributed by atoms with Crippen molar-refractivity contribution in [1.82, 2.24) is 15.1 Å². The topological polar surface area (TPSA) is 55.3 Å². The number of hydrogen-bond donors (Lipinski definition) is 0. The van der Waals surface area contributed by atoms with Gasteiger partial charge in [0.2, 0.25) is 0 Å². The molecule has 0 aromatic carbocycles. The number of aryl methyl sites for hydroxylation is 1. The SMILES string of the molecule is Cc1nnccc1C(=O)N1CCC[C@@H]1COC(C)(C)C. The van der Waals surface area contributed by atoms with Crippen molar-refractivity contribution in [1.29, 1.82) is 0 Å². The maximum atomic E-state index is 12.6. The Morgan fingerprint density at radius 3 is 2.90 bits per heavy atom. The second-order valence-corrected chi connectivity index (χ2v) is 6.25. The van der Waals surface area contributed by atoms with Gasteiger partial charge in [-0.2, -0.15) is 10.2 Å². The monoisotopic (exact) mass is 277 g/mol. The second-order valence-electron chi connectivity index (χ2n) is 6.25. The number of ether oxygens (including phenoxy) is 1. The van der Waals surface area contributed by atoms with E-state index >= 15 is 0 Å². The lowest BCUT2D eigenvalue weighted by molar-refractivity contribution is -0.0258. The van der Waals surface area contributed by atoms with E-state index in [1.54, 1.807) is 12.3 Å². The predicted octanol–water partition coefficient (Wildman–Crippen LogP) is 2.20. The van der Waals surface area contributed by atoms with Gasteiger partial charge in [0.1, 0.15) is 0 Å². The van der Waals surface area contributed by atoms with Crippen LogP contribution in [0.5, 0.6) is 0 Å². The number of amides is 1. The van der Waals surface area contributed by atoms with Crippen LogP contribution in [0.1, 0.15) is 49.7 Å². The Morgan fingerprint density at radius 1 is 1.50 bits per heavy atom. The zero-order chi connectivity index (χ0) is 14.8. The van der Waals surface area contributed by atoms with Crippen LogP contribution < -0.4 is 0 Å². The minimum atomic E-state index is -0.175. The Labute approximate surface area is 120 Å². The summed E-state index contributed by atoms with van der Waals surface area (Å²) in [6.07, 6.45) is 3.60. The third kappa shape index (κ3) is 3.54. The Balaban J connectivity index is 2.07. The van der Waals surface area contributed by atoms with Crippen molar-refractivity contribution in [3.8, 4) is 0 Å². The van der Waals surface area contributed by atoms with Gasteiger partial charge in [0.25, 0.3) is 5.91 Å². The highest BCUT2D eigenvalue weighted by molar-refractivity contribution is 5.95. The van der Waals surface area contributed by atoms with Crippen LogP contribution in [-0.4, -0.2) is 45.8 Å². The molecular weight excluding hydrogens is 254 g/mol. The Morgan fingerprint density at radius 2 is 2.25 bits per heavy atom. The third-order valence-corrected chi connectivity index (χ3v) is 3.48. The van der Waals surface area contributed by atoms with E-state index in [2.05, 4.69) is 10.2 Å². The predicted molar refractivity (Wildman–Crippen MR) is 76.5 cm³/mol. The lowest BCUT2D eigenvalue weighted by Gasteiger charge is -2.28. The van der Waals surface area contributed by atoms with Crippen molar-refractivity contribution in [2.45, 2.75) is 52.2 Å². The van der Waals surface area contributed by atoms with E-state index in [4.69, 9.17) is 4.74 Å². The van der Waals surface area contributed by atoms with Gasteiger partial charge >= 0.3 is 0 Å². The molecule has 0 spiro atoms. The molecule has 2 heterocycles. The third-order valence-electron chi connectivity index (χ3n) is 3.48. The highest BCUT2D eigenvalue weighted by Crippen LogP contribution is 2.22. The van der Waals surface area contributed by atoms with Gasteiger partial charge in [-0.3, -0.25) is 4.79 Å². The van der Waals surface area contributed by atoms with Gasteiger partial charge in [0.05, 0.1) is 35.7 Å². The molecule has 0 bridgehead atoms. The quantitative estimate of drug-likeness (QED) is 0.850. The molecule has 2 rings (SSSR count). The van der Waals surface area contributed by atoms with E-state index in [-0.39, 0.29) is 17.6 Å². The number of carbonyl (C=O) groups is 1. The highest BCUT2D eigenvalue weighted by atomic mass is 16.5. The van der Waals surface area contributed by atoms with E-state index in [1.807, 2.05) is 32.6 Å². The van der Waals surface area contributed by atoms with Crippen molar-refractivity contribution >= 4 is 5.91 Å². The van der Waals surface area contributed by atoms with E-state index in [0.29, 0.717) is 17.9 Å². The molecule has 0 saturated carbocycles. The smallest absolute Gasteiger partial charge is 0.256 e. The standard InChI is InChI=1S/C15H23N3O2/c1-11-13(7-8-16-17-11)14(19)18-9-5-6-12(18)10-20-15(2,3)4/h7-8,12H,5-6,9-10H2,1-4H3/t12-/m1/s1. The van der Waals surface area contributed by atoms with Crippen LogP contribution in [0.15, 0.2) is 12.3 Å². The highest BCUT2D eigenvalue weighted by Gasteiger charge is 2.31. The number of carbonyl (C=O) groups excluding carboxylic acids is 1. The summed E-state index contributed by atoms with van der Waals surface area (Å²) < 4.78 is 5.84. The first-order valence-corrected chi connectivity index (χ1v) is 7.12. The van der Waals surface area contributed by atoms with Crippen molar-refractivity contribution in [2.75, 3.05) is 13.2 Å². The van der Waals surface area contributed by atoms with Crippen LogP contribution in [0.4, 0.5) is 0 Å². The first kappa shape index (κ1) is 14.9. The summed E-state index contributed by atoms with van der Waals surface area (Å²) in [6.45, 7) is 9.30. The van der Waals surface area contributed by atoms with Crippen molar-refractivity contribution in [3.05, 3.63) is 23.5 Å². The fourth-order valence-corrected chi connectivity index (χ4v) is 2.41. The van der Waals surface area contributed by atoms with E-state index in [0.717, 1.165) is 19.4 Å². The number of aromatic nitrogens is 2. The lowest BCUT2D eigenvalue weighted by Crippen LogP contribution is -2.40. The normalized spacial score (nSPS) is 19.4. The van der Waals surface area contributed by atoms with Crippen molar-refractivity contribution < 1.29 is 9.53 Å². The summed E-state index contributed by atoms with van der Waals surface area (Å²) in [5, 5.41) is 7.75. The minimum Gasteiger partial charge on any atom is -0.374 e. The maximum absolute atomic E-state index is 12.6. The Kier molecular flexibility index (Phi) is 4.38. The summed E-state index contributed by atoms with van der Waals surface area (Å²) in [5.41, 5.74) is 1.15. The van der Waals surface area contributed by atoms with Crippen LogP contribution in [0, 0.1) is 6.92 Å². The molecule has 1 fully saturated rings. The van der Waals surface area contributed by atoms with E-state index < -0.39 is 0 Å². The molecule has 20 heavy (non-hydrogen) atoms. The van der Waals surface area contributed by atoms with Crippen LogP contribution in [0.3, 0.4) is 0 Å². The number of rotatable bonds is 3. The molecular formula is C15H23N3O2. The number of nitrogens with zero attached hydrogens (tertiary/aromatic N) is 3. The van der Waals surface area contributed by atoms with Crippen LogP contribution >= 0.6 is 0 Å². The van der Waals surface area contributed by atoms with Gasteiger partial charge in [-0.25, -0.2) is 0 Å². The van der Waals surface area contributed by atoms with Gasteiger partial charge in [0.15, 0.2) is 0 Å². The molecule has 110 valence electrons. The molecule has 1 amide bonds. The van der Waals surface area contributed by atoms with Gasteiger partial charge in [-0.1, -0.05) is 0 Å². The van der Waals surface area contributed by atoms with Gasteiger partial charge < -0.3 is 9.64 Å². The van der Waals surface area contributed by atoms with Crippen molar-refractivity contribution in [3.63, 3.8) is 0 Å². The summed E-state index contributed by atoms with van der Waals surface area (Å²) in [5.74, 6) is 0.0393. The zero-order valence-corrected chi connectivity index (χ0v) is 12.7.